The Balaban J connectivity index is 3.47. The summed E-state index contributed by atoms with van der Waals surface area (Å²) in [6.07, 6.45) is 61.5. The monoisotopic (exact) mass is 858 g/mol. The number of unbranched alkanes of at least 4 members (excludes halogenated alkanes) is 34. The summed E-state index contributed by atoms with van der Waals surface area (Å²) < 4.78 is 5.46. The molecule has 0 aromatic heterocycles. The van der Waals surface area contributed by atoms with Gasteiger partial charge in [-0.15, -0.1) is 0 Å². The lowest BCUT2D eigenvalue weighted by Gasteiger charge is -2.20. The van der Waals surface area contributed by atoms with Crippen molar-refractivity contribution in [2.75, 3.05) is 13.2 Å². The first-order chi connectivity index (χ1) is 30.0. The van der Waals surface area contributed by atoms with Crippen LogP contribution >= 0.6 is 0 Å². The summed E-state index contributed by atoms with van der Waals surface area (Å²) in [5.41, 5.74) is 0. The van der Waals surface area contributed by atoms with E-state index in [0.717, 1.165) is 64.2 Å². The van der Waals surface area contributed by atoms with Gasteiger partial charge in [0.25, 0.3) is 0 Å². The standard InChI is InChI=1S/C55H103NO5/c1-3-5-7-9-11-13-15-17-25-29-33-37-41-45-49-55(60)61-50-46-42-38-34-30-26-23-21-19-18-20-22-24-28-32-36-40-44-48-54(59)56-52(51-57)53(58)47-43-39-35-31-27-16-14-12-10-8-6-4-2/h15,17,20,22,43,47,52-53,57-58H,3-14,16,18-19,21,23-42,44-46,48-51H2,1-2H3,(H,56,59)/b17-15-,22-20-,47-43+. The Morgan fingerprint density at radius 2 is 0.770 bits per heavy atom. The number of rotatable bonds is 49. The summed E-state index contributed by atoms with van der Waals surface area (Å²) >= 11 is 0. The van der Waals surface area contributed by atoms with E-state index in [-0.39, 0.29) is 18.5 Å². The average Bonchev–Trinajstić information content (AvgIpc) is 3.26. The third-order valence-corrected chi connectivity index (χ3v) is 12.1. The lowest BCUT2D eigenvalue weighted by atomic mass is 10.1. The highest BCUT2D eigenvalue weighted by atomic mass is 16.5. The Labute approximate surface area is 379 Å². The van der Waals surface area contributed by atoms with Gasteiger partial charge in [0.1, 0.15) is 0 Å². The van der Waals surface area contributed by atoms with Crippen LogP contribution < -0.4 is 5.32 Å². The molecule has 0 spiro atoms. The zero-order valence-corrected chi connectivity index (χ0v) is 40.6. The van der Waals surface area contributed by atoms with E-state index < -0.39 is 12.1 Å². The van der Waals surface area contributed by atoms with Gasteiger partial charge >= 0.3 is 5.97 Å². The summed E-state index contributed by atoms with van der Waals surface area (Å²) in [6.45, 7) is 4.86. The minimum absolute atomic E-state index is 0.00708. The van der Waals surface area contributed by atoms with E-state index in [4.69, 9.17) is 4.74 Å². The second-order valence-electron chi connectivity index (χ2n) is 18.2. The van der Waals surface area contributed by atoms with Crippen molar-refractivity contribution in [3.63, 3.8) is 0 Å². The second-order valence-corrected chi connectivity index (χ2v) is 18.2. The smallest absolute Gasteiger partial charge is 0.305 e. The molecule has 0 aliphatic carbocycles. The number of aliphatic hydroxyl groups excluding tert-OH is 2. The van der Waals surface area contributed by atoms with Crippen LogP contribution in [0, 0.1) is 0 Å². The number of aliphatic hydroxyl groups is 2. The first-order valence-electron chi connectivity index (χ1n) is 26.8. The molecule has 0 heterocycles. The summed E-state index contributed by atoms with van der Waals surface area (Å²) in [4.78, 5) is 24.4. The van der Waals surface area contributed by atoms with Crippen molar-refractivity contribution in [3.05, 3.63) is 36.5 Å². The normalized spacial score (nSPS) is 12.9. The molecule has 0 aromatic carbocycles. The summed E-state index contributed by atoms with van der Waals surface area (Å²) in [5, 5.41) is 23.0. The number of esters is 1. The maximum atomic E-state index is 12.4. The Hall–Kier alpha value is -1.92. The Morgan fingerprint density at radius 1 is 0.443 bits per heavy atom. The van der Waals surface area contributed by atoms with Crippen molar-refractivity contribution in [1.82, 2.24) is 5.32 Å². The molecular weight excluding hydrogens is 755 g/mol. The van der Waals surface area contributed by atoms with E-state index in [1.54, 1.807) is 6.08 Å². The SMILES string of the molecule is CCCCCCC/C=C\CCCCCCCC(=O)OCCCCCCCCCCC/C=C\CCCCCCCC(=O)NC(CO)C(O)/C=C/CCCCCCCCCCCC. The molecule has 0 radical (unpaired) electrons. The molecule has 0 saturated carbocycles. The van der Waals surface area contributed by atoms with Gasteiger partial charge in [-0.1, -0.05) is 217 Å². The predicted octanol–water partition coefficient (Wildman–Crippen LogP) is 16.1. The van der Waals surface area contributed by atoms with Gasteiger partial charge in [0.05, 0.1) is 25.4 Å². The quantitative estimate of drug-likeness (QED) is 0.0322. The summed E-state index contributed by atoms with van der Waals surface area (Å²) in [6, 6.07) is -0.637. The van der Waals surface area contributed by atoms with Crippen molar-refractivity contribution in [1.29, 1.82) is 0 Å². The van der Waals surface area contributed by atoms with E-state index in [9.17, 15) is 19.8 Å². The van der Waals surface area contributed by atoms with Crippen LogP contribution in [0.4, 0.5) is 0 Å². The molecule has 0 aliphatic rings. The summed E-state index contributed by atoms with van der Waals surface area (Å²) in [7, 11) is 0. The second kappa shape index (κ2) is 50.7. The van der Waals surface area contributed by atoms with Crippen molar-refractivity contribution in [2.24, 2.45) is 0 Å². The van der Waals surface area contributed by atoms with Crippen molar-refractivity contribution >= 4 is 11.9 Å². The van der Waals surface area contributed by atoms with Gasteiger partial charge < -0.3 is 20.3 Å². The number of carbonyl (C=O) groups is 2. The fourth-order valence-corrected chi connectivity index (χ4v) is 7.97. The molecule has 6 heteroatoms. The average molecular weight is 858 g/mol. The third-order valence-electron chi connectivity index (χ3n) is 12.1. The molecule has 0 aliphatic heterocycles. The molecule has 1 amide bonds. The van der Waals surface area contributed by atoms with Gasteiger partial charge in [-0.2, -0.15) is 0 Å². The fourth-order valence-electron chi connectivity index (χ4n) is 7.97. The van der Waals surface area contributed by atoms with Gasteiger partial charge in [-0.3, -0.25) is 9.59 Å². The molecule has 3 N–H and O–H groups in total. The zero-order chi connectivity index (χ0) is 44.4. The molecule has 2 unspecified atom stereocenters. The van der Waals surface area contributed by atoms with Gasteiger partial charge in [-0.05, 0) is 83.5 Å². The lowest BCUT2D eigenvalue weighted by molar-refractivity contribution is -0.143. The van der Waals surface area contributed by atoms with E-state index in [0.29, 0.717) is 19.4 Å². The van der Waals surface area contributed by atoms with Crippen LogP contribution in [0.2, 0.25) is 0 Å². The molecule has 0 bridgehead atoms. The molecule has 358 valence electrons. The van der Waals surface area contributed by atoms with Gasteiger partial charge in [0.15, 0.2) is 0 Å². The van der Waals surface area contributed by atoms with E-state index in [2.05, 4.69) is 43.5 Å². The van der Waals surface area contributed by atoms with Crippen LogP contribution in [-0.4, -0.2) is 47.4 Å². The van der Waals surface area contributed by atoms with E-state index in [1.807, 2.05) is 6.08 Å². The molecule has 0 fully saturated rings. The third kappa shape index (κ3) is 47.4. The van der Waals surface area contributed by atoms with Crippen LogP contribution in [0.25, 0.3) is 0 Å². The first kappa shape index (κ1) is 59.1. The fraction of sp³-hybridized carbons (Fsp3) is 0.855. The van der Waals surface area contributed by atoms with E-state index in [1.165, 1.54) is 186 Å². The van der Waals surface area contributed by atoms with Crippen LogP contribution in [-0.2, 0) is 14.3 Å². The number of allylic oxidation sites excluding steroid dienone is 5. The minimum Gasteiger partial charge on any atom is -0.466 e. The largest absolute Gasteiger partial charge is 0.466 e. The van der Waals surface area contributed by atoms with Crippen LogP contribution in [0.15, 0.2) is 36.5 Å². The lowest BCUT2D eigenvalue weighted by Crippen LogP contribution is -2.45. The van der Waals surface area contributed by atoms with Crippen LogP contribution in [0.3, 0.4) is 0 Å². The molecular formula is C55H103NO5. The maximum absolute atomic E-state index is 12.4. The molecule has 6 nitrogen and oxygen atoms in total. The molecule has 0 aromatic rings. The summed E-state index contributed by atoms with van der Waals surface area (Å²) in [5.74, 6) is -0.0910. The van der Waals surface area contributed by atoms with Crippen LogP contribution in [0.1, 0.15) is 277 Å². The molecule has 0 rings (SSSR count). The number of carbonyl (C=O) groups excluding carboxylic acids is 2. The highest BCUT2D eigenvalue weighted by Gasteiger charge is 2.18. The Morgan fingerprint density at radius 3 is 1.16 bits per heavy atom. The maximum Gasteiger partial charge on any atom is 0.305 e. The highest BCUT2D eigenvalue weighted by molar-refractivity contribution is 5.76. The van der Waals surface area contributed by atoms with E-state index >= 15 is 0 Å². The number of hydrogen-bond acceptors (Lipinski definition) is 5. The number of hydrogen-bond donors (Lipinski definition) is 3. The first-order valence-corrected chi connectivity index (χ1v) is 26.8. The number of nitrogens with one attached hydrogen (secondary N) is 1. The highest BCUT2D eigenvalue weighted by Crippen LogP contribution is 2.15. The Kier molecular flexibility index (Phi) is 49.1. The van der Waals surface area contributed by atoms with Gasteiger partial charge in [0.2, 0.25) is 5.91 Å². The van der Waals surface area contributed by atoms with Gasteiger partial charge in [0, 0.05) is 12.8 Å². The topological polar surface area (TPSA) is 95.9 Å². The molecule has 2 atom stereocenters. The number of amides is 1. The van der Waals surface area contributed by atoms with Crippen molar-refractivity contribution < 1.29 is 24.5 Å². The van der Waals surface area contributed by atoms with Gasteiger partial charge in [-0.25, -0.2) is 0 Å². The van der Waals surface area contributed by atoms with Crippen molar-refractivity contribution in [3.8, 4) is 0 Å². The zero-order valence-electron chi connectivity index (χ0n) is 40.6. The number of ether oxygens (including phenoxy) is 1. The molecule has 0 saturated heterocycles. The predicted molar refractivity (Wildman–Crippen MR) is 264 cm³/mol. The Bertz CT molecular complexity index is 993. The van der Waals surface area contributed by atoms with Crippen molar-refractivity contribution in [2.45, 2.75) is 289 Å². The van der Waals surface area contributed by atoms with Crippen LogP contribution in [0.5, 0.6) is 0 Å². The minimum atomic E-state index is -0.852. The molecule has 61 heavy (non-hydrogen) atoms.